The molecule has 4 heteroatoms. The third-order valence-electron chi connectivity index (χ3n) is 9.61. The maximum absolute atomic E-state index is 2.40. The van der Waals surface area contributed by atoms with Crippen LogP contribution < -0.4 is 21.2 Å². The summed E-state index contributed by atoms with van der Waals surface area (Å²) in [4.78, 5) is 2.60. The molecule has 0 saturated heterocycles. The molecule has 9 rings (SSSR count). The molecule has 8 aromatic rings. The van der Waals surface area contributed by atoms with Gasteiger partial charge in [-0.15, -0.1) is 0 Å². The second-order valence-electron chi connectivity index (χ2n) is 13.1. The first-order valence-electron chi connectivity index (χ1n) is 17.9. The molecule has 0 unspecified atom stereocenters. The number of fused-ring (bicyclic) bond motifs is 3. The molecule has 0 heterocycles. The third-order valence-corrected chi connectivity index (χ3v) is 18.9. The zero-order valence-corrected chi connectivity index (χ0v) is 32.5. The second-order valence-corrected chi connectivity index (χ2v) is 20.9. The van der Waals surface area contributed by atoms with Crippen LogP contribution in [-0.2, 0) is 6.42 Å². The van der Waals surface area contributed by atoms with Gasteiger partial charge in [-0.3, -0.25) is 0 Å². The summed E-state index contributed by atoms with van der Waals surface area (Å²) in [5, 5.41) is 5.54. The Morgan fingerprint density at radius 2 is 0.604 bits per heavy atom. The zero-order chi connectivity index (χ0) is 35.4. The Balaban J connectivity index is 0.904. The summed E-state index contributed by atoms with van der Waals surface area (Å²) in [7, 11) is -1.10. The van der Waals surface area contributed by atoms with Crippen LogP contribution in [0.5, 0.6) is 0 Å². The van der Waals surface area contributed by atoms with Crippen molar-refractivity contribution in [2.45, 2.75) is 16.2 Å². The van der Waals surface area contributed by atoms with Crippen molar-refractivity contribution in [1.29, 1.82) is 0 Å². The van der Waals surface area contributed by atoms with Crippen LogP contribution in [-0.4, -0.2) is 0 Å². The van der Waals surface area contributed by atoms with Crippen LogP contribution in [0.4, 0.5) is 0 Å². The average Bonchev–Trinajstić information content (AvgIpc) is 3.61. The minimum absolute atomic E-state index is 0.548. The van der Waals surface area contributed by atoms with E-state index >= 15 is 0 Å². The Kier molecular flexibility index (Phi) is 10.1. The standard InChI is InChI=1S/C49H36P2S2/c1-5-13-42(14-6-1)50(43-15-7-2-8-16-43)52-46-27-21-36(22-28-46)38-25-31-48-40(33-38)35-41-34-39(26-32-49(41)48)37-23-29-47(30-24-37)53-51(44-17-9-3-10-18-44)45-19-11-4-12-20-45/h1-34H,35H2. The summed E-state index contributed by atoms with van der Waals surface area (Å²) in [6.07, 6.45) is 0.963. The smallest absolute Gasteiger partial charge is 0.0207 e. The number of hydrogen-bond donors (Lipinski definition) is 0. The van der Waals surface area contributed by atoms with Gasteiger partial charge in [0.15, 0.2) is 0 Å². The molecular weight excluding hydrogens is 715 g/mol. The first kappa shape index (κ1) is 34.1. The van der Waals surface area contributed by atoms with Gasteiger partial charge >= 0.3 is 0 Å². The van der Waals surface area contributed by atoms with Crippen LogP contribution in [0.2, 0.25) is 0 Å². The number of rotatable bonds is 10. The van der Waals surface area contributed by atoms with Crippen molar-refractivity contribution in [1.82, 2.24) is 0 Å². The van der Waals surface area contributed by atoms with E-state index in [1.54, 1.807) is 0 Å². The zero-order valence-electron chi connectivity index (χ0n) is 29.0. The summed E-state index contributed by atoms with van der Waals surface area (Å²) in [6, 6.07) is 76.1. The highest BCUT2D eigenvalue weighted by molar-refractivity contribution is 8.60. The molecule has 8 aromatic carbocycles. The molecule has 254 valence electrons. The van der Waals surface area contributed by atoms with E-state index in [1.165, 1.54) is 75.5 Å². The molecule has 1 aliphatic rings. The van der Waals surface area contributed by atoms with Crippen LogP contribution in [0, 0.1) is 0 Å². The van der Waals surface area contributed by atoms with E-state index in [1.807, 2.05) is 22.8 Å². The van der Waals surface area contributed by atoms with Gasteiger partial charge in [-0.25, -0.2) is 0 Å². The Morgan fingerprint density at radius 3 is 0.925 bits per heavy atom. The lowest BCUT2D eigenvalue weighted by molar-refractivity contribution is 1.26. The van der Waals surface area contributed by atoms with Crippen molar-refractivity contribution in [3.8, 4) is 33.4 Å². The van der Waals surface area contributed by atoms with Crippen LogP contribution in [0.25, 0.3) is 33.4 Å². The molecule has 1 aliphatic carbocycles. The first-order chi connectivity index (χ1) is 26.2. The summed E-state index contributed by atoms with van der Waals surface area (Å²) in [5.74, 6) is 0. The van der Waals surface area contributed by atoms with Crippen molar-refractivity contribution in [3.63, 3.8) is 0 Å². The Labute approximate surface area is 323 Å². The average molecular weight is 751 g/mol. The molecule has 0 bridgehead atoms. The fourth-order valence-electron chi connectivity index (χ4n) is 6.96. The predicted octanol–water partition coefficient (Wildman–Crippen LogP) is 12.9. The first-order valence-corrected chi connectivity index (χ1v) is 23.4. The van der Waals surface area contributed by atoms with Gasteiger partial charge in [0.2, 0.25) is 0 Å². The molecule has 0 saturated carbocycles. The Hall–Kier alpha value is -4.68. The Bertz CT molecular complexity index is 2200. The third kappa shape index (κ3) is 7.57. The van der Waals surface area contributed by atoms with Crippen molar-refractivity contribution in [2.75, 3.05) is 0 Å². The van der Waals surface area contributed by atoms with Gasteiger partial charge in [0, 0.05) is 24.0 Å². The van der Waals surface area contributed by atoms with Crippen molar-refractivity contribution in [2.24, 2.45) is 0 Å². The molecule has 0 fully saturated rings. The lowest BCUT2D eigenvalue weighted by Crippen LogP contribution is -2.08. The van der Waals surface area contributed by atoms with Crippen LogP contribution in [0.15, 0.2) is 216 Å². The Morgan fingerprint density at radius 1 is 0.302 bits per heavy atom. The fraction of sp³-hybridized carbons (Fsp3) is 0.0204. The molecular formula is C49H36P2S2. The molecule has 53 heavy (non-hydrogen) atoms. The normalized spacial score (nSPS) is 11.8. The van der Waals surface area contributed by atoms with Crippen LogP contribution in [0.1, 0.15) is 11.1 Å². The van der Waals surface area contributed by atoms with Gasteiger partial charge in [0.25, 0.3) is 0 Å². The SMILES string of the molecule is c1ccc(P(Sc2ccc(-c3ccc4c(c3)Cc3cc(-c5ccc(SP(c6ccccc6)c6ccccc6)cc5)ccc3-4)cc2)c2ccccc2)cc1. The van der Waals surface area contributed by atoms with Crippen LogP contribution >= 0.6 is 37.0 Å². The quantitative estimate of drug-likeness (QED) is 0.128. The fourth-order valence-corrected chi connectivity index (χ4v) is 15.4. The lowest BCUT2D eigenvalue weighted by Gasteiger charge is -2.18. The highest BCUT2D eigenvalue weighted by atomic mass is 32.7. The molecule has 0 aliphatic heterocycles. The van der Waals surface area contributed by atoms with Crippen LogP contribution in [0.3, 0.4) is 0 Å². The molecule has 0 amide bonds. The molecule has 0 aromatic heterocycles. The number of hydrogen-bond acceptors (Lipinski definition) is 2. The van der Waals surface area contributed by atoms with Crippen molar-refractivity contribution < 1.29 is 0 Å². The summed E-state index contributed by atoms with van der Waals surface area (Å²) in [5.41, 5.74) is 10.6. The molecule has 0 N–H and O–H groups in total. The van der Waals surface area contributed by atoms with Gasteiger partial charge in [-0.05, 0) is 96.4 Å². The minimum atomic E-state index is -0.548. The number of benzene rings is 8. The van der Waals surface area contributed by atoms with E-state index < -0.39 is 14.2 Å². The van der Waals surface area contributed by atoms with Gasteiger partial charge in [-0.1, -0.05) is 205 Å². The van der Waals surface area contributed by atoms with E-state index in [2.05, 4.69) is 206 Å². The predicted molar refractivity (Wildman–Crippen MR) is 235 cm³/mol. The van der Waals surface area contributed by atoms with Gasteiger partial charge < -0.3 is 0 Å². The largest absolute Gasteiger partial charge is 0.0888 e. The van der Waals surface area contributed by atoms with Gasteiger partial charge in [0.1, 0.15) is 0 Å². The van der Waals surface area contributed by atoms with E-state index in [9.17, 15) is 0 Å². The summed E-state index contributed by atoms with van der Waals surface area (Å²) >= 11 is 3.95. The molecule has 0 nitrogen and oxygen atoms in total. The lowest BCUT2D eigenvalue weighted by atomic mass is 9.98. The van der Waals surface area contributed by atoms with Gasteiger partial charge in [-0.2, -0.15) is 0 Å². The molecule has 0 spiro atoms. The highest BCUT2D eigenvalue weighted by Crippen LogP contribution is 2.53. The minimum Gasteiger partial charge on any atom is -0.0888 e. The molecule has 0 radical (unpaired) electrons. The molecule has 0 atom stereocenters. The highest BCUT2D eigenvalue weighted by Gasteiger charge is 2.21. The van der Waals surface area contributed by atoms with E-state index in [0.717, 1.165) is 6.42 Å². The van der Waals surface area contributed by atoms with E-state index in [0.29, 0.717) is 0 Å². The maximum Gasteiger partial charge on any atom is 0.0207 e. The summed E-state index contributed by atoms with van der Waals surface area (Å²) in [6.45, 7) is 0. The van der Waals surface area contributed by atoms with Crippen molar-refractivity contribution >= 4 is 58.2 Å². The van der Waals surface area contributed by atoms with E-state index in [-0.39, 0.29) is 0 Å². The maximum atomic E-state index is 2.40. The van der Waals surface area contributed by atoms with Gasteiger partial charge in [0.05, 0.1) is 0 Å². The van der Waals surface area contributed by atoms with Crippen molar-refractivity contribution in [3.05, 3.63) is 217 Å². The topological polar surface area (TPSA) is 0 Å². The monoisotopic (exact) mass is 750 g/mol. The second kappa shape index (κ2) is 15.7. The van der Waals surface area contributed by atoms with E-state index in [4.69, 9.17) is 0 Å². The summed E-state index contributed by atoms with van der Waals surface area (Å²) < 4.78 is 0.